The predicted octanol–water partition coefficient (Wildman–Crippen LogP) is 4.13. The molecule has 7 nitrogen and oxygen atoms in total. The Bertz CT molecular complexity index is 953. The Kier molecular flexibility index (Phi) is 4.52. The number of likely N-dealkylation sites (tertiary alicyclic amines) is 1. The number of nitrogens with two attached hydrogens (primary N) is 1. The average molecular weight is 398 g/mol. The summed E-state index contributed by atoms with van der Waals surface area (Å²) in [7, 11) is 2.10. The van der Waals surface area contributed by atoms with Crippen molar-refractivity contribution in [2.24, 2.45) is 0 Å². The Morgan fingerprint density at radius 3 is 2.62 bits per heavy atom. The summed E-state index contributed by atoms with van der Waals surface area (Å²) in [6, 6.07) is 6.44. The molecule has 1 saturated heterocycles. The van der Waals surface area contributed by atoms with Gasteiger partial charge in [-0.25, -0.2) is 4.79 Å². The lowest BCUT2D eigenvalue weighted by molar-refractivity contribution is -0.000914. The van der Waals surface area contributed by atoms with Gasteiger partial charge in [-0.3, -0.25) is 4.68 Å². The van der Waals surface area contributed by atoms with Crippen LogP contribution in [0.4, 0.5) is 16.2 Å². The molecular formula is C22H31N5O2. The Hall–Kier alpha value is -2.70. The van der Waals surface area contributed by atoms with Gasteiger partial charge in [-0.05, 0) is 40.2 Å². The Balaban J connectivity index is 1.68. The second-order valence-electron chi connectivity index (χ2n) is 9.11. The van der Waals surface area contributed by atoms with Gasteiger partial charge in [-0.1, -0.05) is 19.1 Å². The molecule has 0 saturated carbocycles. The highest BCUT2D eigenvalue weighted by Crippen LogP contribution is 2.49. The molecule has 2 N–H and O–H groups in total. The van der Waals surface area contributed by atoms with Crippen LogP contribution in [0.25, 0.3) is 11.1 Å². The van der Waals surface area contributed by atoms with Crippen LogP contribution >= 0.6 is 0 Å². The van der Waals surface area contributed by atoms with Gasteiger partial charge in [0.05, 0.1) is 34.8 Å². The van der Waals surface area contributed by atoms with Gasteiger partial charge in [0.1, 0.15) is 5.60 Å². The number of hydrogen-bond acceptors (Lipinski definition) is 5. The number of rotatable bonds is 2. The molecular weight excluding hydrogens is 366 g/mol. The number of anilines is 2. The summed E-state index contributed by atoms with van der Waals surface area (Å²) < 4.78 is 7.64. The molecule has 0 radical (unpaired) electrons. The van der Waals surface area contributed by atoms with E-state index in [0.717, 1.165) is 29.1 Å². The summed E-state index contributed by atoms with van der Waals surface area (Å²) in [5, 5.41) is 4.91. The van der Waals surface area contributed by atoms with Gasteiger partial charge in [0.15, 0.2) is 0 Å². The lowest BCUT2D eigenvalue weighted by Crippen LogP contribution is -2.53. The normalized spacial score (nSPS) is 18.9. The monoisotopic (exact) mass is 397 g/mol. The summed E-state index contributed by atoms with van der Waals surface area (Å²) >= 11 is 0. The third kappa shape index (κ3) is 3.12. The molecule has 1 amide bonds. The maximum atomic E-state index is 12.3. The molecule has 0 aliphatic carbocycles. The van der Waals surface area contributed by atoms with Crippen LogP contribution in [-0.2, 0) is 4.74 Å². The number of fused-ring (bicyclic) bond motifs is 3. The zero-order valence-electron chi connectivity index (χ0n) is 18.2. The number of nitrogen functional groups attached to an aromatic ring is 1. The lowest BCUT2D eigenvalue weighted by atomic mass is 9.90. The number of aryl methyl sites for hydroxylation is 1. The van der Waals surface area contributed by atoms with E-state index >= 15 is 0 Å². The minimum atomic E-state index is -0.483. The van der Waals surface area contributed by atoms with Crippen molar-refractivity contribution in [3.8, 4) is 11.1 Å². The maximum absolute atomic E-state index is 12.3. The van der Waals surface area contributed by atoms with E-state index in [-0.39, 0.29) is 18.2 Å². The highest BCUT2D eigenvalue weighted by Gasteiger charge is 2.41. The predicted molar refractivity (Wildman–Crippen MR) is 115 cm³/mol. The zero-order chi connectivity index (χ0) is 21.1. The topological polar surface area (TPSA) is 76.6 Å². The third-order valence-electron chi connectivity index (χ3n) is 5.84. The Labute approximate surface area is 172 Å². The van der Waals surface area contributed by atoms with Gasteiger partial charge in [0, 0.05) is 31.3 Å². The maximum Gasteiger partial charge on any atom is 0.410 e. The number of ether oxygens (including phenoxy) is 1. The zero-order valence-corrected chi connectivity index (χ0v) is 18.2. The van der Waals surface area contributed by atoms with Crippen LogP contribution in [0.3, 0.4) is 0 Å². The standard InChI is InChI=1S/C22H31N5O2/c1-7-17-20-18(15-9-8-10-16(23)19(15)25(17)6)13(2)24-27(20)14-11-26(12-14)21(28)29-22(3,4)5/h8-10,14,17H,7,11-12,23H2,1-6H3. The minimum Gasteiger partial charge on any atom is -0.444 e. The first-order chi connectivity index (χ1) is 13.6. The van der Waals surface area contributed by atoms with E-state index in [1.54, 1.807) is 4.90 Å². The van der Waals surface area contributed by atoms with Crippen LogP contribution < -0.4 is 10.6 Å². The SMILES string of the molecule is CCC1c2c(c(C)nn2C2CN(C(=O)OC(C)(C)C)C2)-c2cccc(N)c2N1C. The number of hydrogen-bond donors (Lipinski definition) is 1. The molecule has 1 unspecified atom stereocenters. The molecule has 7 heteroatoms. The van der Waals surface area contributed by atoms with E-state index in [9.17, 15) is 4.79 Å². The van der Waals surface area contributed by atoms with Crippen molar-refractivity contribution in [1.29, 1.82) is 0 Å². The highest BCUT2D eigenvalue weighted by molar-refractivity contribution is 5.91. The van der Waals surface area contributed by atoms with Crippen LogP contribution in [0.1, 0.15) is 57.6 Å². The van der Waals surface area contributed by atoms with Gasteiger partial charge < -0.3 is 20.3 Å². The minimum absolute atomic E-state index is 0.162. The van der Waals surface area contributed by atoms with Crippen LogP contribution in [0.2, 0.25) is 0 Å². The molecule has 156 valence electrons. The summed E-state index contributed by atoms with van der Waals surface area (Å²) in [5.74, 6) is 0. The second-order valence-corrected chi connectivity index (χ2v) is 9.11. The Morgan fingerprint density at radius 1 is 1.31 bits per heavy atom. The number of amides is 1. The van der Waals surface area contributed by atoms with Crippen molar-refractivity contribution in [2.75, 3.05) is 30.8 Å². The van der Waals surface area contributed by atoms with Gasteiger partial charge in [-0.15, -0.1) is 0 Å². The first-order valence-corrected chi connectivity index (χ1v) is 10.3. The van der Waals surface area contributed by atoms with Crippen LogP contribution in [-0.4, -0.2) is 46.5 Å². The number of carbonyl (C=O) groups excluding carboxylic acids is 1. The van der Waals surface area contributed by atoms with Crippen molar-refractivity contribution < 1.29 is 9.53 Å². The van der Waals surface area contributed by atoms with Gasteiger partial charge in [0.2, 0.25) is 0 Å². The van der Waals surface area contributed by atoms with Crippen molar-refractivity contribution in [1.82, 2.24) is 14.7 Å². The van der Waals surface area contributed by atoms with E-state index in [1.807, 2.05) is 32.9 Å². The molecule has 1 fully saturated rings. The van der Waals surface area contributed by atoms with Crippen LogP contribution in [0.5, 0.6) is 0 Å². The molecule has 2 aliphatic rings. The molecule has 1 aromatic carbocycles. The van der Waals surface area contributed by atoms with E-state index in [4.69, 9.17) is 15.6 Å². The fourth-order valence-electron chi connectivity index (χ4n) is 4.54. The van der Waals surface area contributed by atoms with E-state index in [1.165, 1.54) is 11.3 Å². The number of benzene rings is 1. The van der Waals surface area contributed by atoms with Crippen molar-refractivity contribution >= 4 is 17.5 Å². The summed E-state index contributed by atoms with van der Waals surface area (Å²) in [6.07, 6.45) is 0.694. The van der Waals surface area contributed by atoms with Crippen molar-refractivity contribution in [3.63, 3.8) is 0 Å². The third-order valence-corrected chi connectivity index (χ3v) is 5.84. The van der Waals surface area contributed by atoms with E-state index < -0.39 is 5.60 Å². The molecule has 0 bridgehead atoms. The summed E-state index contributed by atoms with van der Waals surface area (Å²) in [5.41, 5.74) is 12.3. The molecule has 1 aromatic heterocycles. The summed E-state index contributed by atoms with van der Waals surface area (Å²) in [6.45, 7) is 11.2. The number of aromatic nitrogens is 2. The molecule has 0 spiro atoms. The van der Waals surface area contributed by atoms with E-state index in [0.29, 0.717) is 13.1 Å². The summed E-state index contributed by atoms with van der Waals surface area (Å²) in [4.78, 5) is 16.4. The molecule has 2 aliphatic heterocycles. The lowest BCUT2D eigenvalue weighted by Gasteiger charge is -2.42. The average Bonchev–Trinajstić information content (AvgIpc) is 2.89. The number of carbonyl (C=O) groups is 1. The van der Waals surface area contributed by atoms with Gasteiger partial charge in [0.25, 0.3) is 0 Å². The van der Waals surface area contributed by atoms with Crippen molar-refractivity contribution in [2.45, 2.75) is 58.7 Å². The van der Waals surface area contributed by atoms with Crippen LogP contribution in [0.15, 0.2) is 18.2 Å². The quantitative estimate of drug-likeness (QED) is 0.771. The number of para-hydroxylation sites is 1. The molecule has 1 atom stereocenters. The Morgan fingerprint density at radius 2 is 2.00 bits per heavy atom. The molecule has 4 rings (SSSR count). The molecule has 29 heavy (non-hydrogen) atoms. The first-order valence-electron chi connectivity index (χ1n) is 10.3. The van der Waals surface area contributed by atoms with Gasteiger partial charge in [-0.2, -0.15) is 5.10 Å². The second kappa shape index (κ2) is 6.68. The first kappa shape index (κ1) is 19.6. The number of nitrogens with zero attached hydrogens (tertiary/aromatic N) is 4. The fraction of sp³-hybridized carbons (Fsp3) is 0.545. The fourth-order valence-corrected chi connectivity index (χ4v) is 4.54. The van der Waals surface area contributed by atoms with E-state index in [2.05, 4.69) is 36.5 Å². The smallest absolute Gasteiger partial charge is 0.410 e. The van der Waals surface area contributed by atoms with Crippen LogP contribution in [0, 0.1) is 6.92 Å². The largest absolute Gasteiger partial charge is 0.444 e. The highest BCUT2D eigenvalue weighted by atomic mass is 16.6. The molecule has 3 heterocycles. The van der Waals surface area contributed by atoms with Gasteiger partial charge >= 0.3 is 6.09 Å². The van der Waals surface area contributed by atoms with Crippen molar-refractivity contribution in [3.05, 3.63) is 29.6 Å². The molecule has 2 aromatic rings.